The number of methoxy groups -OCH3 is 1. The number of rotatable bonds is 7. The third-order valence-corrected chi connectivity index (χ3v) is 4.83. The number of carboxylic acid groups (broad SMARTS) is 2. The van der Waals surface area contributed by atoms with Gasteiger partial charge in [-0.2, -0.15) is 0 Å². The Morgan fingerprint density at radius 2 is 1.39 bits per heavy atom. The second kappa shape index (κ2) is 12.6. The number of piperazine rings is 1. The average molecular weight is 431 g/mol. The molecule has 0 bridgehead atoms. The van der Waals surface area contributed by atoms with Crippen LogP contribution in [0.15, 0.2) is 48.5 Å². The van der Waals surface area contributed by atoms with Gasteiger partial charge in [0.05, 0.1) is 13.7 Å². The van der Waals surface area contributed by atoms with Crippen LogP contribution in [-0.4, -0.2) is 71.8 Å². The zero-order valence-electron chi connectivity index (χ0n) is 18.0. The van der Waals surface area contributed by atoms with E-state index in [1.54, 1.807) is 7.11 Å². The first kappa shape index (κ1) is 24.2. The summed E-state index contributed by atoms with van der Waals surface area (Å²) in [5, 5.41) is 14.8. The smallest absolute Gasteiger partial charge is 0.414 e. The fourth-order valence-corrected chi connectivity index (χ4v) is 3.25. The Labute approximate surface area is 182 Å². The molecule has 31 heavy (non-hydrogen) atoms. The van der Waals surface area contributed by atoms with E-state index in [4.69, 9.17) is 29.3 Å². The summed E-state index contributed by atoms with van der Waals surface area (Å²) in [7, 11) is 1.72. The predicted octanol–water partition coefficient (Wildman–Crippen LogP) is 2.57. The molecule has 0 atom stereocenters. The molecule has 8 nitrogen and oxygen atoms in total. The molecule has 1 saturated heterocycles. The molecular weight excluding hydrogens is 400 g/mol. The SMILES string of the molecule is CCOc1ccc(CN2CCN(Cc3cccc(OC)c3)CC2)cc1.O=C(O)C(=O)O. The van der Waals surface area contributed by atoms with Crippen LogP contribution in [0.3, 0.4) is 0 Å². The minimum absolute atomic E-state index is 0.717. The molecule has 0 aliphatic carbocycles. The van der Waals surface area contributed by atoms with Gasteiger partial charge in [-0.05, 0) is 42.3 Å². The van der Waals surface area contributed by atoms with Crippen LogP contribution in [0.25, 0.3) is 0 Å². The highest BCUT2D eigenvalue weighted by atomic mass is 16.5. The van der Waals surface area contributed by atoms with Crippen molar-refractivity contribution in [2.24, 2.45) is 0 Å². The first-order chi connectivity index (χ1) is 14.9. The van der Waals surface area contributed by atoms with Crippen LogP contribution in [-0.2, 0) is 22.7 Å². The lowest BCUT2D eigenvalue weighted by Crippen LogP contribution is -2.45. The van der Waals surface area contributed by atoms with Gasteiger partial charge >= 0.3 is 11.9 Å². The van der Waals surface area contributed by atoms with Gasteiger partial charge in [0, 0.05) is 39.3 Å². The van der Waals surface area contributed by atoms with Gasteiger partial charge in [0.1, 0.15) is 11.5 Å². The maximum absolute atomic E-state index is 9.10. The number of benzene rings is 2. The van der Waals surface area contributed by atoms with Crippen molar-refractivity contribution < 1.29 is 29.3 Å². The number of ether oxygens (including phenoxy) is 2. The van der Waals surface area contributed by atoms with Crippen LogP contribution in [0.2, 0.25) is 0 Å². The van der Waals surface area contributed by atoms with Gasteiger partial charge in [0.15, 0.2) is 0 Å². The maximum Gasteiger partial charge on any atom is 0.414 e. The minimum Gasteiger partial charge on any atom is -0.497 e. The standard InChI is InChI=1S/C21H28N2O2.C2H2O4/c1-3-25-20-9-7-18(8-10-20)16-22-11-13-23(14-12-22)17-19-5-4-6-21(15-19)24-2;3-1(4)2(5)6/h4-10,15H,3,11-14,16-17H2,1-2H3;(H,3,4)(H,5,6). The average Bonchev–Trinajstić information content (AvgIpc) is 2.77. The Morgan fingerprint density at radius 1 is 0.839 bits per heavy atom. The van der Waals surface area contributed by atoms with Crippen LogP contribution >= 0.6 is 0 Å². The van der Waals surface area contributed by atoms with Gasteiger partial charge in [-0.25, -0.2) is 9.59 Å². The number of carbonyl (C=O) groups is 2. The Hall–Kier alpha value is -3.10. The van der Waals surface area contributed by atoms with Crippen LogP contribution in [0.4, 0.5) is 0 Å². The monoisotopic (exact) mass is 430 g/mol. The van der Waals surface area contributed by atoms with Gasteiger partial charge in [-0.1, -0.05) is 24.3 Å². The third kappa shape index (κ3) is 8.65. The van der Waals surface area contributed by atoms with Gasteiger partial charge in [-0.15, -0.1) is 0 Å². The molecule has 1 aliphatic rings. The minimum atomic E-state index is -1.82. The molecule has 1 aliphatic heterocycles. The maximum atomic E-state index is 9.10. The van der Waals surface area contributed by atoms with Crippen LogP contribution in [0, 0.1) is 0 Å². The molecule has 168 valence electrons. The Balaban J connectivity index is 0.000000501. The summed E-state index contributed by atoms with van der Waals surface area (Å²) >= 11 is 0. The van der Waals surface area contributed by atoms with Crippen molar-refractivity contribution in [2.45, 2.75) is 20.0 Å². The fourth-order valence-electron chi connectivity index (χ4n) is 3.25. The number of nitrogens with zero attached hydrogens (tertiary/aromatic N) is 2. The molecule has 0 unspecified atom stereocenters. The van der Waals surface area contributed by atoms with Crippen molar-refractivity contribution >= 4 is 11.9 Å². The summed E-state index contributed by atoms with van der Waals surface area (Å²) in [4.78, 5) is 23.2. The van der Waals surface area contributed by atoms with E-state index in [0.717, 1.165) is 50.8 Å². The summed E-state index contributed by atoms with van der Waals surface area (Å²) in [5.74, 6) is -1.76. The van der Waals surface area contributed by atoms with Gasteiger partial charge < -0.3 is 19.7 Å². The Bertz CT molecular complexity index is 820. The molecule has 3 rings (SSSR count). The molecule has 2 aromatic rings. The van der Waals surface area contributed by atoms with E-state index < -0.39 is 11.9 Å². The van der Waals surface area contributed by atoms with E-state index in [9.17, 15) is 0 Å². The largest absolute Gasteiger partial charge is 0.497 e. The summed E-state index contributed by atoms with van der Waals surface area (Å²) in [6, 6.07) is 16.9. The molecule has 2 aromatic carbocycles. The highest BCUT2D eigenvalue weighted by molar-refractivity contribution is 6.27. The van der Waals surface area contributed by atoms with Crippen LogP contribution < -0.4 is 9.47 Å². The highest BCUT2D eigenvalue weighted by Gasteiger charge is 2.17. The summed E-state index contributed by atoms with van der Waals surface area (Å²) in [6.07, 6.45) is 0. The fraction of sp³-hybridized carbons (Fsp3) is 0.391. The lowest BCUT2D eigenvalue weighted by molar-refractivity contribution is -0.159. The lowest BCUT2D eigenvalue weighted by atomic mass is 10.1. The summed E-state index contributed by atoms with van der Waals surface area (Å²) in [6.45, 7) is 9.16. The Kier molecular flexibility index (Phi) is 9.80. The van der Waals surface area contributed by atoms with Crippen molar-refractivity contribution in [3.63, 3.8) is 0 Å². The molecule has 0 aromatic heterocycles. The van der Waals surface area contributed by atoms with E-state index in [-0.39, 0.29) is 0 Å². The van der Waals surface area contributed by atoms with Crippen molar-refractivity contribution in [3.8, 4) is 11.5 Å². The zero-order valence-corrected chi connectivity index (χ0v) is 18.0. The number of hydrogen-bond donors (Lipinski definition) is 2. The van der Waals surface area contributed by atoms with E-state index >= 15 is 0 Å². The van der Waals surface area contributed by atoms with Crippen molar-refractivity contribution in [2.75, 3.05) is 39.9 Å². The summed E-state index contributed by atoms with van der Waals surface area (Å²) in [5.41, 5.74) is 2.67. The summed E-state index contributed by atoms with van der Waals surface area (Å²) < 4.78 is 10.8. The highest BCUT2D eigenvalue weighted by Crippen LogP contribution is 2.17. The molecule has 1 fully saturated rings. The van der Waals surface area contributed by atoms with Crippen LogP contribution in [0.5, 0.6) is 11.5 Å². The Morgan fingerprint density at radius 3 is 1.87 bits per heavy atom. The topological polar surface area (TPSA) is 99.5 Å². The van der Waals surface area contributed by atoms with Gasteiger partial charge in [0.25, 0.3) is 0 Å². The van der Waals surface area contributed by atoms with Gasteiger partial charge in [0.2, 0.25) is 0 Å². The van der Waals surface area contributed by atoms with E-state index in [2.05, 4.69) is 52.3 Å². The number of aliphatic carboxylic acids is 2. The molecule has 0 saturated carbocycles. The molecule has 0 radical (unpaired) electrons. The van der Waals surface area contributed by atoms with Gasteiger partial charge in [-0.3, -0.25) is 9.80 Å². The van der Waals surface area contributed by atoms with E-state index in [0.29, 0.717) is 6.61 Å². The molecule has 0 amide bonds. The molecule has 1 heterocycles. The van der Waals surface area contributed by atoms with Crippen molar-refractivity contribution in [1.82, 2.24) is 9.80 Å². The molecule has 0 spiro atoms. The third-order valence-electron chi connectivity index (χ3n) is 4.83. The predicted molar refractivity (Wildman–Crippen MR) is 116 cm³/mol. The molecular formula is C23H30N2O6. The van der Waals surface area contributed by atoms with E-state index in [1.165, 1.54) is 11.1 Å². The number of hydrogen-bond acceptors (Lipinski definition) is 6. The van der Waals surface area contributed by atoms with E-state index in [1.807, 2.05) is 13.0 Å². The lowest BCUT2D eigenvalue weighted by Gasteiger charge is -2.34. The van der Waals surface area contributed by atoms with Crippen LogP contribution in [0.1, 0.15) is 18.1 Å². The first-order valence-corrected chi connectivity index (χ1v) is 10.2. The number of carboxylic acids is 2. The zero-order chi connectivity index (χ0) is 22.6. The first-order valence-electron chi connectivity index (χ1n) is 10.2. The quantitative estimate of drug-likeness (QED) is 0.647. The molecule has 2 N–H and O–H groups in total. The normalized spacial score (nSPS) is 14.3. The molecule has 8 heteroatoms. The second-order valence-corrected chi connectivity index (χ2v) is 7.09. The second-order valence-electron chi connectivity index (χ2n) is 7.09. The van der Waals surface area contributed by atoms with Crippen molar-refractivity contribution in [3.05, 3.63) is 59.7 Å². The van der Waals surface area contributed by atoms with Crippen molar-refractivity contribution in [1.29, 1.82) is 0 Å².